The van der Waals surface area contributed by atoms with Crippen molar-refractivity contribution >= 4 is 11.9 Å². The van der Waals surface area contributed by atoms with Crippen LogP contribution in [0, 0.1) is 0 Å². The van der Waals surface area contributed by atoms with Gasteiger partial charge in [0.15, 0.2) is 5.84 Å². The van der Waals surface area contributed by atoms with Gasteiger partial charge in [-0.3, -0.25) is 10.2 Å². The second-order valence-corrected chi connectivity index (χ2v) is 2.86. The number of urea groups is 1. The molecule has 2 saturated heterocycles. The van der Waals surface area contributed by atoms with Gasteiger partial charge < -0.3 is 10.1 Å². The van der Waals surface area contributed by atoms with Gasteiger partial charge in [-0.25, -0.2) is 4.79 Å². The molecule has 2 rings (SSSR count). The summed E-state index contributed by atoms with van der Waals surface area (Å²) in [6.45, 7) is 1.01. The molecule has 13 heavy (non-hydrogen) atoms. The summed E-state index contributed by atoms with van der Waals surface area (Å²) in [5.74, 6) is 0.254. The normalized spacial score (nSPS) is 31.4. The molecule has 2 heterocycles. The van der Waals surface area contributed by atoms with Gasteiger partial charge in [-0.15, -0.1) is 0 Å². The van der Waals surface area contributed by atoms with E-state index in [1.807, 2.05) is 0 Å². The fourth-order valence-electron chi connectivity index (χ4n) is 1.41. The Morgan fingerprint density at radius 3 is 3.31 bits per heavy atom. The number of nitrogens with one attached hydrogen (secondary N) is 2. The largest absolute Gasteiger partial charge is 0.409 e. The molecule has 0 spiro atoms. The number of carbonyl (C=O) groups is 1. The molecule has 0 aromatic heterocycles. The minimum absolute atomic E-state index is 0.228. The lowest BCUT2D eigenvalue weighted by Crippen LogP contribution is -2.63. The van der Waals surface area contributed by atoms with Crippen LogP contribution in [0.5, 0.6) is 0 Å². The Bertz CT molecular complexity index is 254. The van der Waals surface area contributed by atoms with E-state index in [1.54, 1.807) is 4.90 Å². The highest BCUT2D eigenvalue weighted by Gasteiger charge is 2.33. The van der Waals surface area contributed by atoms with Gasteiger partial charge in [0, 0.05) is 13.0 Å². The number of rotatable bonds is 0. The minimum atomic E-state index is -0.264. The Morgan fingerprint density at radius 1 is 1.69 bits per heavy atom. The number of oxime groups is 1. The predicted octanol–water partition coefficient (Wildman–Crippen LogP) is -0.950. The Hall–Kier alpha value is -1.34. The van der Waals surface area contributed by atoms with Crippen molar-refractivity contribution in [1.29, 1.82) is 0 Å². The molecule has 0 aromatic rings. The van der Waals surface area contributed by atoms with Gasteiger partial charge in [-0.2, -0.15) is 5.48 Å². The summed E-state index contributed by atoms with van der Waals surface area (Å²) in [7, 11) is 0. The van der Waals surface area contributed by atoms with Crippen LogP contribution in [0.4, 0.5) is 4.79 Å². The lowest BCUT2D eigenvalue weighted by atomic mass is 10.2. The second-order valence-electron chi connectivity index (χ2n) is 2.86. The Kier molecular flexibility index (Phi) is 2.03. The maximum atomic E-state index is 11.3. The van der Waals surface area contributed by atoms with E-state index in [0.29, 0.717) is 19.6 Å². The van der Waals surface area contributed by atoms with Gasteiger partial charge in [-0.05, 0) is 0 Å². The van der Waals surface area contributed by atoms with Gasteiger partial charge in [0.25, 0.3) is 0 Å². The molecule has 2 fully saturated rings. The van der Waals surface area contributed by atoms with E-state index in [4.69, 9.17) is 10.0 Å². The number of fused-ring (bicyclic) bond motifs is 1. The molecule has 0 aliphatic carbocycles. The number of hydrogen-bond donors (Lipinski definition) is 3. The molecule has 7 heteroatoms. The lowest BCUT2D eigenvalue weighted by Gasteiger charge is -2.39. The van der Waals surface area contributed by atoms with E-state index < -0.39 is 0 Å². The van der Waals surface area contributed by atoms with Crippen LogP contribution >= 0.6 is 0 Å². The molecule has 7 nitrogen and oxygen atoms in total. The molecule has 0 bridgehead atoms. The predicted molar refractivity (Wildman–Crippen MR) is 42.0 cm³/mol. The Morgan fingerprint density at radius 2 is 2.54 bits per heavy atom. The van der Waals surface area contributed by atoms with Gasteiger partial charge >= 0.3 is 6.03 Å². The zero-order valence-electron chi connectivity index (χ0n) is 6.86. The number of amidine groups is 1. The summed E-state index contributed by atoms with van der Waals surface area (Å²) in [6.07, 6.45) is 0.191. The van der Waals surface area contributed by atoms with Crippen molar-refractivity contribution < 1.29 is 14.8 Å². The number of hydrogen-bond acceptors (Lipinski definition) is 5. The van der Waals surface area contributed by atoms with Crippen molar-refractivity contribution in [2.75, 3.05) is 13.2 Å². The summed E-state index contributed by atoms with van der Waals surface area (Å²) in [6, 6.07) is -0.264. The van der Waals surface area contributed by atoms with Gasteiger partial charge in [0.05, 0.1) is 6.61 Å². The van der Waals surface area contributed by atoms with Crippen molar-refractivity contribution in [2.24, 2.45) is 5.16 Å². The quantitative estimate of drug-likeness (QED) is 0.336. The van der Waals surface area contributed by atoms with Gasteiger partial charge in [-0.1, -0.05) is 5.16 Å². The van der Waals surface area contributed by atoms with Crippen LogP contribution in [0.3, 0.4) is 0 Å². The molecule has 2 aliphatic rings. The van der Waals surface area contributed by atoms with E-state index in [9.17, 15) is 4.79 Å². The molecule has 3 N–H and O–H groups in total. The molecule has 1 atom stereocenters. The first kappa shape index (κ1) is 8.27. The summed E-state index contributed by atoms with van der Waals surface area (Å²) in [5.41, 5.74) is 2.69. The molecule has 0 radical (unpaired) electrons. The van der Waals surface area contributed by atoms with E-state index in [1.165, 1.54) is 0 Å². The Balaban J connectivity index is 2.12. The van der Waals surface area contributed by atoms with E-state index in [0.717, 1.165) is 0 Å². The fraction of sp³-hybridized carbons (Fsp3) is 0.667. The van der Waals surface area contributed by atoms with Crippen LogP contribution in [0.2, 0.25) is 0 Å². The molecule has 0 aromatic carbocycles. The molecular weight excluding hydrogens is 176 g/mol. The monoisotopic (exact) mass is 186 g/mol. The fourth-order valence-corrected chi connectivity index (χ4v) is 1.41. The number of amides is 2. The molecule has 1 unspecified atom stereocenters. The maximum Gasteiger partial charge on any atom is 0.324 e. The first-order valence-corrected chi connectivity index (χ1v) is 3.97. The standard InChI is InChI=1S/C6H10N4O3/c11-6-7-4(8-12)3-5-9-13-2-1-10(5)6/h5,9,12H,1-3H2,(H,7,8,11). The number of carbonyl (C=O) groups excluding carboxylic acids is 1. The van der Waals surface area contributed by atoms with E-state index in [-0.39, 0.29) is 18.0 Å². The highest BCUT2D eigenvalue weighted by Crippen LogP contribution is 2.11. The van der Waals surface area contributed by atoms with Crippen molar-refractivity contribution in [3.05, 3.63) is 0 Å². The van der Waals surface area contributed by atoms with Crippen LogP contribution in [-0.2, 0) is 4.84 Å². The zero-order valence-corrected chi connectivity index (χ0v) is 6.86. The highest BCUT2D eigenvalue weighted by atomic mass is 16.7. The third kappa shape index (κ3) is 1.43. The molecule has 2 aliphatic heterocycles. The second kappa shape index (κ2) is 3.19. The van der Waals surface area contributed by atoms with Crippen LogP contribution in [0.15, 0.2) is 5.16 Å². The average Bonchev–Trinajstić information content (AvgIpc) is 2.18. The van der Waals surface area contributed by atoms with Crippen molar-refractivity contribution in [3.63, 3.8) is 0 Å². The highest BCUT2D eigenvalue weighted by molar-refractivity contribution is 5.99. The van der Waals surface area contributed by atoms with Crippen LogP contribution in [0.1, 0.15) is 6.42 Å². The third-order valence-corrected chi connectivity index (χ3v) is 2.05. The molecular formula is C6H10N4O3. The summed E-state index contributed by atoms with van der Waals surface area (Å²) in [5, 5.41) is 13.9. The SMILES string of the molecule is O=C1N/C(=N\O)CC2NOCCN12. The lowest BCUT2D eigenvalue weighted by molar-refractivity contribution is -0.0719. The van der Waals surface area contributed by atoms with Gasteiger partial charge in [0.1, 0.15) is 6.17 Å². The van der Waals surface area contributed by atoms with Gasteiger partial charge in [0.2, 0.25) is 0 Å². The van der Waals surface area contributed by atoms with Crippen molar-refractivity contribution in [2.45, 2.75) is 12.6 Å². The minimum Gasteiger partial charge on any atom is -0.409 e. The van der Waals surface area contributed by atoms with Crippen LogP contribution in [-0.4, -0.2) is 41.3 Å². The topological polar surface area (TPSA) is 86.2 Å². The smallest absolute Gasteiger partial charge is 0.324 e. The summed E-state index contributed by atoms with van der Waals surface area (Å²) >= 11 is 0. The van der Waals surface area contributed by atoms with E-state index >= 15 is 0 Å². The number of nitrogens with zero attached hydrogens (tertiary/aromatic N) is 2. The first-order valence-electron chi connectivity index (χ1n) is 3.97. The van der Waals surface area contributed by atoms with Crippen LogP contribution in [0.25, 0.3) is 0 Å². The van der Waals surface area contributed by atoms with Crippen LogP contribution < -0.4 is 10.8 Å². The maximum absolute atomic E-state index is 11.3. The Labute approximate surface area is 74.3 Å². The molecule has 0 saturated carbocycles. The number of hydroxylamine groups is 1. The van der Waals surface area contributed by atoms with E-state index in [2.05, 4.69) is 16.0 Å². The van der Waals surface area contributed by atoms with Crippen molar-refractivity contribution in [3.8, 4) is 0 Å². The molecule has 2 amide bonds. The first-order chi connectivity index (χ1) is 6.31. The van der Waals surface area contributed by atoms with Crippen molar-refractivity contribution in [1.82, 2.24) is 15.7 Å². The molecule has 72 valence electrons. The summed E-state index contributed by atoms with van der Waals surface area (Å²) in [4.78, 5) is 17.9. The third-order valence-electron chi connectivity index (χ3n) is 2.05. The zero-order chi connectivity index (χ0) is 9.26. The average molecular weight is 186 g/mol. The summed E-state index contributed by atoms with van der Waals surface area (Å²) < 4.78 is 0.